The average Bonchev–Trinajstić information content (AvgIpc) is 3.08. The number of carbonyl (C=O) groups is 2. The van der Waals surface area contributed by atoms with Crippen LogP contribution in [0, 0.1) is 6.92 Å². The van der Waals surface area contributed by atoms with Gasteiger partial charge in [0.2, 0.25) is 5.91 Å². The van der Waals surface area contributed by atoms with Gasteiger partial charge in [0.15, 0.2) is 0 Å². The maximum atomic E-state index is 12.3. The van der Waals surface area contributed by atoms with Crippen LogP contribution in [0.2, 0.25) is 0 Å². The van der Waals surface area contributed by atoms with Gasteiger partial charge in [0.25, 0.3) is 5.91 Å². The van der Waals surface area contributed by atoms with E-state index in [4.69, 9.17) is 0 Å². The summed E-state index contributed by atoms with van der Waals surface area (Å²) in [5, 5.41) is 2.98. The quantitative estimate of drug-likeness (QED) is 0.707. The van der Waals surface area contributed by atoms with E-state index in [-0.39, 0.29) is 11.8 Å². The molecule has 1 heterocycles. The van der Waals surface area contributed by atoms with E-state index in [1.165, 1.54) is 11.1 Å². The molecule has 0 bridgehead atoms. The van der Waals surface area contributed by atoms with Crippen LogP contribution in [0.5, 0.6) is 0 Å². The number of thioether (sulfide) groups is 1. The molecular formula is C22H26N2O2S. The number of carbonyl (C=O) groups excluding carboxylic acids is 2. The van der Waals surface area contributed by atoms with Gasteiger partial charge < -0.3 is 10.2 Å². The van der Waals surface area contributed by atoms with Crippen molar-refractivity contribution in [2.24, 2.45) is 0 Å². The minimum absolute atomic E-state index is 0.0460. The number of benzene rings is 2. The number of nitrogens with one attached hydrogen (secondary N) is 1. The number of rotatable bonds is 8. The molecule has 1 aliphatic rings. The number of aryl methyl sites for hydroxylation is 1. The minimum Gasteiger partial charge on any atom is -0.351 e. The molecule has 0 radical (unpaired) electrons. The highest BCUT2D eigenvalue weighted by molar-refractivity contribution is 7.98. The van der Waals surface area contributed by atoms with Crippen molar-refractivity contribution in [3.63, 3.8) is 0 Å². The third kappa shape index (κ3) is 5.60. The summed E-state index contributed by atoms with van der Waals surface area (Å²) in [6.07, 6.45) is 1.60. The van der Waals surface area contributed by atoms with Crippen molar-refractivity contribution in [2.75, 3.05) is 18.8 Å². The van der Waals surface area contributed by atoms with E-state index in [0.717, 1.165) is 30.0 Å². The summed E-state index contributed by atoms with van der Waals surface area (Å²) in [5.41, 5.74) is 4.39. The van der Waals surface area contributed by atoms with Crippen molar-refractivity contribution in [1.82, 2.24) is 10.2 Å². The molecule has 142 valence electrons. The largest absolute Gasteiger partial charge is 0.351 e. The lowest BCUT2D eigenvalue weighted by atomic mass is 10.1. The van der Waals surface area contributed by atoms with Crippen molar-refractivity contribution < 1.29 is 9.59 Å². The van der Waals surface area contributed by atoms with E-state index in [1.807, 2.05) is 40.9 Å². The second kappa shape index (κ2) is 9.60. The van der Waals surface area contributed by atoms with Crippen molar-refractivity contribution in [1.29, 1.82) is 0 Å². The summed E-state index contributed by atoms with van der Waals surface area (Å²) in [6, 6.07) is 15.9. The second-order valence-electron chi connectivity index (χ2n) is 6.85. The molecule has 27 heavy (non-hydrogen) atoms. The molecule has 1 aliphatic heterocycles. The molecule has 0 spiro atoms. The maximum absolute atomic E-state index is 12.3. The van der Waals surface area contributed by atoms with Crippen molar-refractivity contribution in [3.8, 4) is 0 Å². The summed E-state index contributed by atoms with van der Waals surface area (Å²) < 4.78 is 0. The molecule has 0 aromatic heterocycles. The van der Waals surface area contributed by atoms with Crippen LogP contribution in [0.25, 0.3) is 0 Å². The maximum Gasteiger partial charge on any atom is 0.251 e. The van der Waals surface area contributed by atoms with E-state index in [0.29, 0.717) is 25.1 Å². The average molecular weight is 383 g/mol. The number of amides is 2. The Labute approximate surface area is 165 Å². The van der Waals surface area contributed by atoms with Gasteiger partial charge in [-0.25, -0.2) is 0 Å². The van der Waals surface area contributed by atoms with Crippen LogP contribution in [0.3, 0.4) is 0 Å². The third-order valence-corrected chi connectivity index (χ3v) is 5.82. The molecular weight excluding hydrogens is 356 g/mol. The van der Waals surface area contributed by atoms with Gasteiger partial charge in [-0.1, -0.05) is 36.4 Å². The Hall–Kier alpha value is -2.27. The summed E-state index contributed by atoms with van der Waals surface area (Å²) in [4.78, 5) is 25.8. The fourth-order valence-corrected chi connectivity index (χ4v) is 4.08. The molecule has 3 rings (SSSR count). The van der Waals surface area contributed by atoms with Gasteiger partial charge in [0.1, 0.15) is 0 Å². The van der Waals surface area contributed by atoms with E-state index in [1.54, 1.807) is 0 Å². The Bertz CT molecular complexity index is 789. The zero-order chi connectivity index (χ0) is 19.1. The SMILES string of the molecule is Cc1ccccc1CSCCNC(=O)c1ccc(CN2CCCC2=O)cc1. The van der Waals surface area contributed by atoms with Gasteiger partial charge in [-0.15, -0.1) is 0 Å². The van der Waals surface area contributed by atoms with Crippen LogP contribution in [0.4, 0.5) is 0 Å². The predicted octanol–water partition coefficient (Wildman–Crippen LogP) is 3.78. The van der Waals surface area contributed by atoms with Crippen LogP contribution in [0.15, 0.2) is 48.5 Å². The molecule has 2 amide bonds. The van der Waals surface area contributed by atoms with Crippen LogP contribution in [-0.4, -0.2) is 35.6 Å². The highest BCUT2D eigenvalue weighted by Gasteiger charge is 2.19. The van der Waals surface area contributed by atoms with Crippen LogP contribution < -0.4 is 5.32 Å². The number of nitrogens with zero attached hydrogens (tertiary/aromatic N) is 1. The van der Waals surface area contributed by atoms with Gasteiger partial charge in [-0.05, 0) is 42.2 Å². The lowest BCUT2D eigenvalue weighted by molar-refractivity contribution is -0.128. The molecule has 0 atom stereocenters. The Morgan fingerprint density at radius 2 is 1.93 bits per heavy atom. The molecule has 2 aromatic carbocycles. The normalized spacial score (nSPS) is 13.8. The summed E-state index contributed by atoms with van der Waals surface area (Å²) in [5.74, 6) is 2.03. The van der Waals surface area contributed by atoms with Gasteiger partial charge >= 0.3 is 0 Å². The Morgan fingerprint density at radius 3 is 2.63 bits per heavy atom. The molecule has 1 N–H and O–H groups in total. The van der Waals surface area contributed by atoms with Crippen molar-refractivity contribution >= 4 is 23.6 Å². The van der Waals surface area contributed by atoms with Crippen LogP contribution in [0.1, 0.15) is 39.9 Å². The zero-order valence-corrected chi connectivity index (χ0v) is 16.6. The third-order valence-electron chi connectivity index (χ3n) is 4.81. The zero-order valence-electron chi connectivity index (χ0n) is 15.7. The first-order valence-corrected chi connectivity index (χ1v) is 10.6. The first kappa shape index (κ1) is 19.5. The highest BCUT2D eigenvalue weighted by atomic mass is 32.2. The van der Waals surface area contributed by atoms with Crippen molar-refractivity contribution in [3.05, 3.63) is 70.8 Å². The van der Waals surface area contributed by atoms with E-state index < -0.39 is 0 Å². The first-order valence-electron chi connectivity index (χ1n) is 9.40. The van der Waals surface area contributed by atoms with Crippen molar-refractivity contribution in [2.45, 2.75) is 32.1 Å². The summed E-state index contributed by atoms with van der Waals surface area (Å²) in [6.45, 7) is 4.25. The van der Waals surface area contributed by atoms with Crippen LogP contribution >= 0.6 is 11.8 Å². The van der Waals surface area contributed by atoms with Gasteiger partial charge in [-0.3, -0.25) is 9.59 Å². The molecule has 0 unspecified atom stereocenters. The molecule has 5 heteroatoms. The molecule has 1 fully saturated rings. The van der Waals surface area contributed by atoms with Gasteiger partial charge in [0, 0.05) is 43.1 Å². The Balaban J connectivity index is 1.39. The molecule has 1 saturated heterocycles. The number of hydrogen-bond acceptors (Lipinski definition) is 3. The smallest absolute Gasteiger partial charge is 0.251 e. The molecule has 0 aliphatic carbocycles. The minimum atomic E-state index is -0.0460. The standard InChI is InChI=1S/C22H26N2O2S/c1-17-5-2-3-6-20(17)16-27-14-12-23-22(26)19-10-8-18(9-11-19)15-24-13-4-7-21(24)25/h2-3,5-6,8-11H,4,7,12-16H2,1H3,(H,23,26). The van der Waals surface area contributed by atoms with E-state index in [2.05, 4.69) is 36.5 Å². The molecule has 2 aromatic rings. The van der Waals surface area contributed by atoms with Gasteiger partial charge in [0.05, 0.1) is 0 Å². The summed E-state index contributed by atoms with van der Waals surface area (Å²) in [7, 11) is 0. The molecule has 0 saturated carbocycles. The lowest BCUT2D eigenvalue weighted by Gasteiger charge is -2.15. The number of hydrogen-bond donors (Lipinski definition) is 1. The van der Waals surface area contributed by atoms with E-state index >= 15 is 0 Å². The van der Waals surface area contributed by atoms with Crippen LogP contribution in [-0.2, 0) is 17.1 Å². The fourth-order valence-electron chi connectivity index (χ4n) is 3.15. The Morgan fingerprint density at radius 1 is 1.15 bits per heavy atom. The van der Waals surface area contributed by atoms with Gasteiger partial charge in [-0.2, -0.15) is 11.8 Å². The Kier molecular flexibility index (Phi) is 6.93. The lowest BCUT2D eigenvalue weighted by Crippen LogP contribution is -2.26. The monoisotopic (exact) mass is 382 g/mol. The molecule has 4 nitrogen and oxygen atoms in total. The fraction of sp³-hybridized carbons (Fsp3) is 0.364. The highest BCUT2D eigenvalue weighted by Crippen LogP contribution is 2.16. The topological polar surface area (TPSA) is 49.4 Å². The number of likely N-dealkylation sites (tertiary alicyclic amines) is 1. The van der Waals surface area contributed by atoms with E-state index in [9.17, 15) is 9.59 Å². The summed E-state index contributed by atoms with van der Waals surface area (Å²) >= 11 is 1.83. The predicted molar refractivity (Wildman–Crippen MR) is 111 cm³/mol. The second-order valence-corrected chi connectivity index (χ2v) is 7.96. The first-order chi connectivity index (χ1) is 13.1.